The van der Waals surface area contributed by atoms with Crippen LogP contribution in [0.3, 0.4) is 0 Å². The number of imide groups is 1. The van der Waals surface area contributed by atoms with Crippen LogP contribution in [0, 0.1) is 23.7 Å². The molecule has 3 aromatic carbocycles. The third-order valence-electron chi connectivity index (χ3n) is 8.11. The van der Waals surface area contributed by atoms with Crippen LogP contribution < -0.4 is 4.90 Å². The van der Waals surface area contributed by atoms with Crippen LogP contribution in [-0.4, -0.2) is 30.2 Å². The Kier molecular flexibility index (Phi) is 5.92. The normalized spacial score (nSPS) is 25.9. The molecule has 1 heterocycles. The van der Waals surface area contributed by atoms with Gasteiger partial charge in [-0.05, 0) is 84.7 Å². The zero-order valence-electron chi connectivity index (χ0n) is 19.9. The summed E-state index contributed by atoms with van der Waals surface area (Å²) >= 11 is 5.84. The number of fused-ring (bicyclic) bond motifs is 5. The van der Waals surface area contributed by atoms with Crippen molar-refractivity contribution in [1.29, 1.82) is 0 Å². The van der Waals surface area contributed by atoms with Crippen LogP contribution >= 0.6 is 11.6 Å². The summed E-state index contributed by atoms with van der Waals surface area (Å²) in [4.78, 5) is 52.9. The number of amides is 2. The van der Waals surface area contributed by atoms with Gasteiger partial charge in [-0.3, -0.25) is 19.3 Å². The molecule has 3 fully saturated rings. The Morgan fingerprint density at radius 1 is 0.811 bits per heavy atom. The number of hydrogen-bond acceptors (Lipinski definition) is 5. The maximum absolute atomic E-state index is 13.5. The molecule has 6 nitrogen and oxygen atoms in total. The van der Waals surface area contributed by atoms with E-state index in [1.165, 1.54) is 22.6 Å². The van der Waals surface area contributed by atoms with E-state index in [2.05, 4.69) is 12.1 Å². The summed E-state index contributed by atoms with van der Waals surface area (Å²) < 4.78 is 5.16. The average Bonchev–Trinajstić information content (AvgIpc) is 3.59. The van der Waals surface area contributed by atoms with Gasteiger partial charge in [-0.1, -0.05) is 41.9 Å². The van der Waals surface area contributed by atoms with E-state index < -0.39 is 12.6 Å². The van der Waals surface area contributed by atoms with E-state index in [0.29, 0.717) is 22.2 Å². The van der Waals surface area contributed by atoms with Crippen molar-refractivity contribution in [3.05, 3.63) is 101 Å². The summed E-state index contributed by atoms with van der Waals surface area (Å²) in [6.45, 7) is -0.403. The fourth-order valence-corrected chi connectivity index (χ4v) is 6.60. The summed E-state index contributed by atoms with van der Waals surface area (Å²) in [6, 6.07) is 22.8. The fourth-order valence-electron chi connectivity index (χ4n) is 6.48. The first-order chi connectivity index (χ1) is 17.9. The Bertz CT molecular complexity index is 1390. The van der Waals surface area contributed by atoms with Gasteiger partial charge >= 0.3 is 5.97 Å². The van der Waals surface area contributed by atoms with Crippen molar-refractivity contribution in [2.24, 2.45) is 23.7 Å². The summed E-state index contributed by atoms with van der Waals surface area (Å²) in [5.74, 6) is -1.15. The lowest BCUT2D eigenvalue weighted by atomic mass is 9.73. The SMILES string of the molecule is O=C(COC(=O)c1ccc(N2C(=O)[C@@H]3[C@@H]4C[C@@H]([C@H]3C2=O)[C@H](c2ccccc2)C4)cc1)c1ccc(Cl)cc1. The van der Waals surface area contributed by atoms with E-state index in [-0.39, 0.29) is 46.8 Å². The largest absolute Gasteiger partial charge is 0.454 e. The smallest absolute Gasteiger partial charge is 0.338 e. The van der Waals surface area contributed by atoms with Gasteiger partial charge in [0.25, 0.3) is 0 Å². The number of carbonyl (C=O) groups excluding carboxylic acids is 4. The highest BCUT2D eigenvalue weighted by molar-refractivity contribution is 6.30. The number of ether oxygens (including phenoxy) is 1. The zero-order chi connectivity index (χ0) is 25.7. The van der Waals surface area contributed by atoms with Crippen molar-refractivity contribution in [2.75, 3.05) is 11.5 Å². The van der Waals surface area contributed by atoms with Crippen molar-refractivity contribution >= 4 is 40.9 Å². The Morgan fingerprint density at radius 2 is 1.46 bits per heavy atom. The van der Waals surface area contributed by atoms with Crippen LogP contribution in [0.25, 0.3) is 0 Å². The average molecular weight is 514 g/mol. The molecule has 2 bridgehead atoms. The van der Waals surface area contributed by atoms with Gasteiger partial charge in [0.1, 0.15) is 0 Å². The molecule has 0 unspecified atom stereocenters. The molecule has 2 saturated carbocycles. The van der Waals surface area contributed by atoms with Gasteiger partial charge in [0.2, 0.25) is 11.8 Å². The monoisotopic (exact) mass is 513 g/mol. The number of rotatable bonds is 6. The third kappa shape index (κ3) is 4.05. The minimum absolute atomic E-state index is 0.141. The molecular weight excluding hydrogens is 490 g/mol. The van der Waals surface area contributed by atoms with Gasteiger partial charge in [0, 0.05) is 10.6 Å². The number of Topliss-reactive ketones (excluding diaryl/α,β-unsaturated/α-hetero) is 1. The topological polar surface area (TPSA) is 80.8 Å². The van der Waals surface area contributed by atoms with Crippen LogP contribution in [0.2, 0.25) is 5.02 Å². The molecule has 1 aliphatic heterocycles. The third-order valence-corrected chi connectivity index (χ3v) is 8.36. The molecule has 7 heteroatoms. The summed E-state index contributed by atoms with van der Waals surface area (Å²) in [5.41, 5.74) is 2.32. The van der Waals surface area contributed by atoms with Crippen molar-refractivity contribution in [3.8, 4) is 0 Å². The number of halogens is 1. The number of benzene rings is 3. The number of esters is 1. The Labute approximate surface area is 219 Å². The van der Waals surface area contributed by atoms with Gasteiger partial charge in [0.15, 0.2) is 12.4 Å². The first-order valence-electron chi connectivity index (χ1n) is 12.4. The minimum Gasteiger partial charge on any atom is -0.454 e. The highest BCUT2D eigenvalue weighted by Crippen LogP contribution is 2.61. The summed E-state index contributed by atoms with van der Waals surface area (Å²) in [7, 11) is 0. The first kappa shape index (κ1) is 23.6. The summed E-state index contributed by atoms with van der Waals surface area (Å²) in [5, 5.41) is 0.510. The van der Waals surface area contributed by atoms with Gasteiger partial charge in [-0.2, -0.15) is 0 Å². The van der Waals surface area contributed by atoms with Crippen molar-refractivity contribution in [2.45, 2.75) is 18.8 Å². The van der Waals surface area contributed by atoms with Crippen molar-refractivity contribution in [3.63, 3.8) is 0 Å². The van der Waals surface area contributed by atoms with Crippen LogP contribution in [0.5, 0.6) is 0 Å². The Balaban J connectivity index is 1.13. The quantitative estimate of drug-likeness (QED) is 0.253. The second kappa shape index (κ2) is 9.27. The molecule has 1 saturated heterocycles. The predicted molar refractivity (Wildman–Crippen MR) is 137 cm³/mol. The molecule has 0 aromatic heterocycles. The first-order valence-corrected chi connectivity index (χ1v) is 12.8. The molecule has 2 amide bonds. The molecule has 0 spiro atoms. The van der Waals surface area contributed by atoms with Gasteiger partial charge in [-0.25, -0.2) is 4.79 Å². The van der Waals surface area contributed by atoms with Gasteiger partial charge in [0.05, 0.1) is 23.1 Å². The Hall–Kier alpha value is -3.77. The second-order valence-corrected chi connectivity index (χ2v) is 10.5. The lowest BCUT2D eigenvalue weighted by Crippen LogP contribution is -2.33. The number of carbonyl (C=O) groups is 4. The molecule has 37 heavy (non-hydrogen) atoms. The molecule has 2 aliphatic carbocycles. The second-order valence-electron chi connectivity index (χ2n) is 10.0. The molecule has 0 radical (unpaired) electrons. The summed E-state index contributed by atoms with van der Waals surface area (Å²) in [6.07, 6.45) is 1.85. The molecular formula is C30H24ClNO5. The van der Waals surface area contributed by atoms with E-state index in [1.54, 1.807) is 36.4 Å². The van der Waals surface area contributed by atoms with Gasteiger partial charge < -0.3 is 4.74 Å². The van der Waals surface area contributed by atoms with Crippen LogP contribution in [-0.2, 0) is 14.3 Å². The van der Waals surface area contributed by atoms with E-state index >= 15 is 0 Å². The van der Waals surface area contributed by atoms with E-state index in [0.717, 1.165) is 12.8 Å². The number of ketones is 1. The molecule has 186 valence electrons. The van der Waals surface area contributed by atoms with Crippen molar-refractivity contribution < 1.29 is 23.9 Å². The van der Waals surface area contributed by atoms with Crippen LogP contribution in [0.1, 0.15) is 45.0 Å². The van der Waals surface area contributed by atoms with Crippen LogP contribution in [0.4, 0.5) is 5.69 Å². The van der Waals surface area contributed by atoms with Crippen molar-refractivity contribution in [1.82, 2.24) is 0 Å². The number of nitrogens with zero attached hydrogens (tertiary/aromatic N) is 1. The molecule has 6 rings (SSSR count). The fraction of sp³-hybridized carbons (Fsp3) is 0.267. The lowest BCUT2D eigenvalue weighted by Gasteiger charge is -2.28. The number of anilines is 1. The molecule has 3 aromatic rings. The van der Waals surface area contributed by atoms with E-state index in [1.807, 2.05) is 18.2 Å². The zero-order valence-corrected chi connectivity index (χ0v) is 20.6. The minimum atomic E-state index is -0.659. The standard InChI is InChI=1S/C30H24ClNO5/c31-21-10-6-18(7-11-21)25(33)16-37-30(36)19-8-12-22(13-9-19)32-28(34)26-20-14-23(17-4-2-1-3-5-17)24(15-20)27(26)29(32)35/h1-13,20,23-24,26-27H,14-16H2/t20-,23-,24+,26+,27+/m0/s1. The molecule has 5 atom stereocenters. The Morgan fingerprint density at radius 3 is 2.16 bits per heavy atom. The highest BCUT2D eigenvalue weighted by Gasteiger charge is 2.64. The van der Waals surface area contributed by atoms with E-state index in [4.69, 9.17) is 16.3 Å². The molecule has 0 N–H and O–H groups in total. The maximum atomic E-state index is 13.5. The maximum Gasteiger partial charge on any atom is 0.338 e. The number of hydrogen-bond donors (Lipinski definition) is 0. The predicted octanol–water partition coefficient (Wildman–Crippen LogP) is 5.31. The van der Waals surface area contributed by atoms with Gasteiger partial charge in [-0.15, -0.1) is 0 Å². The molecule has 3 aliphatic rings. The highest BCUT2D eigenvalue weighted by atomic mass is 35.5. The van der Waals surface area contributed by atoms with E-state index in [9.17, 15) is 19.2 Å². The lowest BCUT2D eigenvalue weighted by molar-refractivity contribution is -0.123. The van der Waals surface area contributed by atoms with Crippen LogP contribution in [0.15, 0.2) is 78.9 Å².